The van der Waals surface area contributed by atoms with Gasteiger partial charge in [0.05, 0.1) is 10.6 Å². The van der Waals surface area contributed by atoms with Gasteiger partial charge in [-0.1, -0.05) is 35.9 Å². The van der Waals surface area contributed by atoms with Gasteiger partial charge in [0.1, 0.15) is 0 Å². The van der Waals surface area contributed by atoms with Crippen LogP contribution in [-0.4, -0.2) is 33.5 Å². The van der Waals surface area contributed by atoms with Crippen LogP contribution in [0.5, 0.6) is 0 Å². The Kier molecular flexibility index (Phi) is 4.36. The molecule has 0 N–H and O–H groups in total. The molecule has 0 saturated carbocycles. The second-order valence-electron chi connectivity index (χ2n) is 5.81. The van der Waals surface area contributed by atoms with Gasteiger partial charge in [0.15, 0.2) is 0 Å². The fourth-order valence-corrected chi connectivity index (χ4v) is 4.85. The van der Waals surface area contributed by atoms with Crippen molar-refractivity contribution in [1.29, 1.82) is 0 Å². The van der Waals surface area contributed by atoms with E-state index in [1.54, 1.807) is 25.1 Å². The molecule has 1 aliphatic rings. The summed E-state index contributed by atoms with van der Waals surface area (Å²) in [6.07, 6.45) is 0. The molecule has 0 amide bonds. The summed E-state index contributed by atoms with van der Waals surface area (Å²) in [6.45, 7) is 3.57. The van der Waals surface area contributed by atoms with E-state index in [1.165, 1.54) is 4.31 Å². The van der Waals surface area contributed by atoms with Crippen molar-refractivity contribution < 1.29 is 8.42 Å². The quantitative estimate of drug-likeness (QED) is 0.834. The van der Waals surface area contributed by atoms with Crippen LogP contribution in [0.15, 0.2) is 47.4 Å². The first-order valence-corrected chi connectivity index (χ1v) is 9.27. The van der Waals surface area contributed by atoms with Crippen LogP contribution in [0.3, 0.4) is 0 Å². The zero-order valence-electron chi connectivity index (χ0n) is 13.2. The molecule has 0 spiro atoms. The van der Waals surface area contributed by atoms with Crippen LogP contribution in [0.2, 0.25) is 5.02 Å². The van der Waals surface area contributed by atoms with E-state index >= 15 is 0 Å². The van der Waals surface area contributed by atoms with Crippen LogP contribution >= 0.6 is 11.6 Å². The highest BCUT2D eigenvalue weighted by Gasteiger charge is 2.30. The van der Waals surface area contributed by atoms with Gasteiger partial charge in [-0.25, -0.2) is 8.42 Å². The van der Waals surface area contributed by atoms with E-state index in [0.717, 1.165) is 17.8 Å². The fourth-order valence-electron chi connectivity index (χ4n) is 2.88. The van der Waals surface area contributed by atoms with Gasteiger partial charge in [0.2, 0.25) is 0 Å². The number of sulfonamides is 1. The van der Waals surface area contributed by atoms with Crippen LogP contribution in [-0.2, 0) is 16.6 Å². The standard InChI is InChI=1S/C17H19ClN2O2S/c1-13-15(18)7-5-9-17(13)23(21,22)20-11-10-19(2)12-14-6-3-4-8-16(14)20/h3-9H,10-12H2,1-2H3. The highest BCUT2D eigenvalue weighted by molar-refractivity contribution is 7.92. The molecule has 2 aromatic carbocycles. The number of hydrogen-bond acceptors (Lipinski definition) is 3. The Hall–Kier alpha value is -1.56. The molecule has 0 fully saturated rings. The molecule has 0 saturated heterocycles. The van der Waals surface area contributed by atoms with Gasteiger partial charge < -0.3 is 4.90 Å². The minimum atomic E-state index is -3.65. The number of halogens is 1. The molecule has 1 aliphatic heterocycles. The Morgan fingerprint density at radius 2 is 1.78 bits per heavy atom. The maximum atomic E-state index is 13.2. The van der Waals surface area contributed by atoms with Crippen molar-refractivity contribution in [3.8, 4) is 0 Å². The van der Waals surface area contributed by atoms with Gasteiger partial charge in [0, 0.05) is 24.7 Å². The summed E-state index contributed by atoms with van der Waals surface area (Å²) in [6, 6.07) is 12.7. The third-order valence-corrected chi connectivity index (χ3v) is 6.54. The third-order valence-electron chi connectivity index (χ3n) is 4.17. The van der Waals surface area contributed by atoms with E-state index in [-0.39, 0.29) is 4.90 Å². The predicted molar refractivity (Wildman–Crippen MR) is 93.5 cm³/mol. The Morgan fingerprint density at radius 1 is 1.04 bits per heavy atom. The highest BCUT2D eigenvalue weighted by Crippen LogP contribution is 2.32. The zero-order chi connectivity index (χ0) is 16.6. The summed E-state index contributed by atoms with van der Waals surface area (Å²) < 4.78 is 28.0. The summed E-state index contributed by atoms with van der Waals surface area (Å²) in [5.74, 6) is 0. The summed E-state index contributed by atoms with van der Waals surface area (Å²) in [5.41, 5.74) is 2.34. The maximum Gasteiger partial charge on any atom is 0.264 e. The monoisotopic (exact) mass is 350 g/mol. The lowest BCUT2D eigenvalue weighted by atomic mass is 10.2. The summed E-state index contributed by atoms with van der Waals surface area (Å²) in [7, 11) is -1.66. The van der Waals surface area contributed by atoms with Crippen LogP contribution in [0.25, 0.3) is 0 Å². The maximum absolute atomic E-state index is 13.2. The molecule has 0 bridgehead atoms. The average molecular weight is 351 g/mol. The number of likely N-dealkylation sites (N-methyl/N-ethyl adjacent to an activating group) is 1. The van der Waals surface area contributed by atoms with Gasteiger partial charge in [-0.05, 0) is 43.3 Å². The first kappa shape index (κ1) is 16.3. The van der Waals surface area contributed by atoms with Crippen molar-refractivity contribution in [2.75, 3.05) is 24.4 Å². The van der Waals surface area contributed by atoms with Crippen molar-refractivity contribution in [2.45, 2.75) is 18.4 Å². The lowest BCUT2D eigenvalue weighted by Crippen LogP contribution is -2.35. The smallest absolute Gasteiger partial charge is 0.264 e. The van der Waals surface area contributed by atoms with Crippen molar-refractivity contribution >= 4 is 27.3 Å². The second-order valence-corrected chi connectivity index (χ2v) is 8.04. The van der Waals surface area contributed by atoms with Crippen molar-refractivity contribution in [3.63, 3.8) is 0 Å². The molecular formula is C17H19ClN2O2S. The molecule has 0 radical (unpaired) electrons. The van der Waals surface area contributed by atoms with Crippen LogP contribution in [0.4, 0.5) is 5.69 Å². The summed E-state index contributed by atoms with van der Waals surface area (Å²) in [5, 5.41) is 0.464. The molecule has 0 aliphatic carbocycles. The molecule has 3 rings (SSSR count). The summed E-state index contributed by atoms with van der Waals surface area (Å²) in [4.78, 5) is 2.39. The number of anilines is 1. The first-order valence-electron chi connectivity index (χ1n) is 7.45. The van der Waals surface area contributed by atoms with Gasteiger partial charge in [-0.15, -0.1) is 0 Å². The number of benzene rings is 2. The van der Waals surface area contributed by atoms with Crippen molar-refractivity contribution in [2.24, 2.45) is 0 Å². The SMILES string of the molecule is Cc1c(Cl)cccc1S(=O)(=O)N1CCN(C)Cc2ccccc21. The summed E-state index contributed by atoms with van der Waals surface area (Å²) >= 11 is 6.12. The van der Waals surface area contributed by atoms with E-state index < -0.39 is 10.0 Å². The van der Waals surface area contributed by atoms with Crippen molar-refractivity contribution in [1.82, 2.24) is 4.90 Å². The minimum absolute atomic E-state index is 0.268. The molecule has 122 valence electrons. The lowest BCUT2D eigenvalue weighted by Gasteiger charge is -2.25. The molecule has 0 atom stereocenters. The first-order chi connectivity index (χ1) is 10.9. The van der Waals surface area contributed by atoms with E-state index in [2.05, 4.69) is 4.90 Å². The highest BCUT2D eigenvalue weighted by atomic mass is 35.5. The Balaban J connectivity index is 2.15. The zero-order valence-corrected chi connectivity index (χ0v) is 14.7. The van der Waals surface area contributed by atoms with Gasteiger partial charge >= 0.3 is 0 Å². The van der Waals surface area contributed by atoms with Gasteiger partial charge in [-0.3, -0.25) is 4.31 Å². The molecule has 0 unspecified atom stereocenters. The molecule has 0 aromatic heterocycles. The Bertz CT molecular complexity index is 836. The lowest BCUT2D eigenvalue weighted by molar-refractivity contribution is 0.344. The molecule has 6 heteroatoms. The Labute approximate surface area is 142 Å². The van der Waals surface area contributed by atoms with E-state index in [9.17, 15) is 8.42 Å². The molecular weight excluding hydrogens is 332 g/mol. The molecule has 2 aromatic rings. The third kappa shape index (κ3) is 2.96. The van der Waals surface area contributed by atoms with Crippen LogP contribution < -0.4 is 4.31 Å². The number of hydrogen-bond donors (Lipinski definition) is 0. The molecule has 4 nitrogen and oxygen atoms in total. The van der Waals surface area contributed by atoms with Crippen LogP contribution in [0.1, 0.15) is 11.1 Å². The minimum Gasteiger partial charge on any atom is -0.300 e. The fraction of sp³-hybridized carbons (Fsp3) is 0.294. The van der Waals surface area contributed by atoms with E-state index in [1.807, 2.05) is 31.3 Å². The Morgan fingerprint density at radius 3 is 2.57 bits per heavy atom. The topological polar surface area (TPSA) is 40.6 Å². The second kappa shape index (κ2) is 6.15. The average Bonchev–Trinajstić information content (AvgIpc) is 2.68. The molecule has 23 heavy (non-hydrogen) atoms. The number of para-hydroxylation sites is 1. The molecule has 1 heterocycles. The number of nitrogens with zero attached hydrogens (tertiary/aromatic N) is 2. The normalized spacial score (nSPS) is 16.0. The van der Waals surface area contributed by atoms with Crippen LogP contribution in [0, 0.1) is 6.92 Å². The van der Waals surface area contributed by atoms with Crippen molar-refractivity contribution in [3.05, 3.63) is 58.6 Å². The largest absolute Gasteiger partial charge is 0.300 e. The predicted octanol–water partition coefficient (Wildman–Crippen LogP) is 3.29. The van der Waals surface area contributed by atoms with Gasteiger partial charge in [0.25, 0.3) is 10.0 Å². The van der Waals surface area contributed by atoms with E-state index in [4.69, 9.17) is 11.6 Å². The number of fused-ring (bicyclic) bond motifs is 1. The van der Waals surface area contributed by atoms with E-state index in [0.29, 0.717) is 23.7 Å². The van der Waals surface area contributed by atoms with Gasteiger partial charge in [-0.2, -0.15) is 0 Å². The number of rotatable bonds is 2.